The van der Waals surface area contributed by atoms with E-state index in [1.165, 1.54) is 5.56 Å². The molecule has 1 unspecified atom stereocenters. The summed E-state index contributed by atoms with van der Waals surface area (Å²) in [6, 6.07) is 8.07. The SMILES string of the molecule is Cc1ccc(NC(C)(C)C(=O)NCCCN2CCCC(CO)C2)cc1. The van der Waals surface area contributed by atoms with Crippen LogP contribution < -0.4 is 10.6 Å². The van der Waals surface area contributed by atoms with Gasteiger partial charge in [0, 0.05) is 25.4 Å². The van der Waals surface area contributed by atoms with Crippen molar-refractivity contribution >= 4 is 11.6 Å². The van der Waals surface area contributed by atoms with Crippen LogP contribution in [0, 0.1) is 12.8 Å². The van der Waals surface area contributed by atoms with Crippen molar-refractivity contribution in [3.8, 4) is 0 Å². The summed E-state index contributed by atoms with van der Waals surface area (Å²) in [6.07, 6.45) is 3.22. The van der Waals surface area contributed by atoms with E-state index in [0.29, 0.717) is 12.5 Å². The number of carbonyl (C=O) groups excluding carboxylic acids is 1. The molecule has 1 aromatic rings. The van der Waals surface area contributed by atoms with Crippen LogP contribution in [-0.4, -0.2) is 54.2 Å². The van der Waals surface area contributed by atoms with Gasteiger partial charge in [0.05, 0.1) is 0 Å². The third kappa shape index (κ3) is 6.33. The van der Waals surface area contributed by atoms with Crippen molar-refractivity contribution in [1.82, 2.24) is 10.2 Å². The Bertz CT molecular complexity index is 542. The van der Waals surface area contributed by atoms with E-state index in [2.05, 4.69) is 15.5 Å². The van der Waals surface area contributed by atoms with E-state index in [9.17, 15) is 9.90 Å². The molecule has 0 bridgehead atoms. The van der Waals surface area contributed by atoms with Gasteiger partial charge in [0.15, 0.2) is 0 Å². The lowest BCUT2D eigenvalue weighted by molar-refractivity contribution is -0.124. The van der Waals surface area contributed by atoms with E-state index in [4.69, 9.17) is 0 Å². The van der Waals surface area contributed by atoms with E-state index < -0.39 is 5.54 Å². The molecular formula is C20H33N3O2. The topological polar surface area (TPSA) is 64.6 Å². The summed E-state index contributed by atoms with van der Waals surface area (Å²) in [4.78, 5) is 14.9. The smallest absolute Gasteiger partial charge is 0.245 e. The first-order chi connectivity index (χ1) is 11.9. The van der Waals surface area contributed by atoms with Crippen molar-refractivity contribution in [1.29, 1.82) is 0 Å². The molecule has 1 saturated heterocycles. The second kappa shape index (κ2) is 9.20. The highest BCUT2D eigenvalue weighted by atomic mass is 16.3. The number of carbonyl (C=O) groups is 1. The number of piperidine rings is 1. The van der Waals surface area contributed by atoms with Gasteiger partial charge in [0.2, 0.25) is 5.91 Å². The highest BCUT2D eigenvalue weighted by Crippen LogP contribution is 2.17. The quantitative estimate of drug-likeness (QED) is 0.632. The molecule has 5 heteroatoms. The monoisotopic (exact) mass is 347 g/mol. The summed E-state index contributed by atoms with van der Waals surface area (Å²) in [7, 11) is 0. The fraction of sp³-hybridized carbons (Fsp3) is 0.650. The minimum atomic E-state index is -0.650. The van der Waals surface area contributed by atoms with E-state index in [1.54, 1.807) is 0 Å². The number of aryl methyl sites for hydroxylation is 1. The maximum atomic E-state index is 12.5. The number of hydrogen-bond acceptors (Lipinski definition) is 4. The first-order valence-electron chi connectivity index (χ1n) is 9.37. The molecule has 0 saturated carbocycles. The standard InChI is InChI=1S/C20H33N3O2/c1-16-7-9-18(10-8-16)22-20(2,3)19(25)21-11-5-13-23-12-4-6-17(14-23)15-24/h7-10,17,22,24H,4-6,11-15H2,1-3H3,(H,21,25). The lowest BCUT2D eigenvalue weighted by Gasteiger charge is -2.32. The normalized spacial score (nSPS) is 18.8. The average molecular weight is 348 g/mol. The molecule has 1 fully saturated rings. The Kier molecular flexibility index (Phi) is 7.26. The number of rotatable bonds is 8. The fourth-order valence-electron chi connectivity index (χ4n) is 3.28. The highest BCUT2D eigenvalue weighted by Gasteiger charge is 2.27. The van der Waals surface area contributed by atoms with Gasteiger partial charge in [-0.1, -0.05) is 17.7 Å². The van der Waals surface area contributed by atoms with Crippen molar-refractivity contribution in [2.45, 2.75) is 45.6 Å². The Morgan fingerprint density at radius 3 is 2.72 bits per heavy atom. The van der Waals surface area contributed by atoms with Gasteiger partial charge in [0.1, 0.15) is 5.54 Å². The fourth-order valence-corrected chi connectivity index (χ4v) is 3.28. The number of amides is 1. The molecule has 1 amide bonds. The third-order valence-corrected chi connectivity index (χ3v) is 4.87. The maximum absolute atomic E-state index is 12.5. The van der Waals surface area contributed by atoms with E-state index in [0.717, 1.165) is 44.6 Å². The van der Waals surface area contributed by atoms with Crippen LogP contribution in [0.2, 0.25) is 0 Å². The van der Waals surface area contributed by atoms with Crippen molar-refractivity contribution in [2.75, 3.05) is 38.1 Å². The average Bonchev–Trinajstić information content (AvgIpc) is 2.60. The Labute approximate surface area is 151 Å². The van der Waals surface area contributed by atoms with Crippen molar-refractivity contribution in [3.05, 3.63) is 29.8 Å². The van der Waals surface area contributed by atoms with Gasteiger partial charge in [-0.25, -0.2) is 0 Å². The molecule has 5 nitrogen and oxygen atoms in total. The van der Waals surface area contributed by atoms with Crippen molar-refractivity contribution in [3.63, 3.8) is 0 Å². The number of benzene rings is 1. The summed E-state index contributed by atoms with van der Waals surface area (Å²) in [5.74, 6) is 0.431. The predicted molar refractivity (Wildman–Crippen MR) is 103 cm³/mol. The van der Waals surface area contributed by atoms with E-state index in [-0.39, 0.29) is 12.5 Å². The van der Waals surface area contributed by atoms with Gasteiger partial charge in [-0.05, 0) is 71.2 Å². The van der Waals surface area contributed by atoms with Crippen LogP contribution in [0.15, 0.2) is 24.3 Å². The minimum absolute atomic E-state index is 0.0138. The highest BCUT2D eigenvalue weighted by molar-refractivity contribution is 5.88. The van der Waals surface area contributed by atoms with Gasteiger partial charge in [-0.2, -0.15) is 0 Å². The van der Waals surface area contributed by atoms with Crippen LogP contribution in [0.25, 0.3) is 0 Å². The first-order valence-corrected chi connectivity index (χ1v) is 9.37. The molecule has 140 valence electrons. The van der Waals surface area contributed by atoms with Gasteiger partial charge >= 0.3 is 0 Å². The Morgan fingerprint density at radius 1 is 1.32 bits per heavy atom. The number of nitrogens with zero attached hydrogens (tertiary/aromatic N) is 1. The third-order valence-electron chi connectivity index (χ3n) is 4.87. The zero-order valence-electron chi connectivity index (χ0n) is 15.8. The van der Waals surface area contributed by atoms with Crippen LogP contribution in [-0.2, 0) is 4.79 Å². The molecule has 0 radical (unpaired) electrons. The molecule has 1 aliphatic rings. The van der Waals surface area contributed by atoms with E-state index >= 15 is 0 Å². The lowest BCUT2D eigenvalue weighted by Crippen LogP contribution is -2.48. The van der Waals surface area contributed by atoms with Gasteiger partial charge in [-0.15, -0.1) is 0 Å². The number of aliphatic hydroxyl groups excluding tert-OH is 1. The van der Waals surface area contributed by atoms with Crippen LogP contribution >= 0.6 is 0 Å². The molecule has 2 rings (SSSR count). The summed E-state index contributed by atoms with van der Waals surface area (Å²) in [6.45, 7) is 9.87. The maximum Gasteiger partial charge on any atom is 0.245 e. The van der Waals surface area contributed by atoms with Crippen LogP contribution in [0.3, 0.4) is 0 Å². The second-order valence-corrected chi connectivity index (χ2v) is 7.72. The van der Waals surface area contributed by atoms with Crippen molar-refractivity contribution in [2.24, 2.45) is 5.92 Å². The molecule has 0 spiro atoms. The van der Waals surface area contributed by atoms with Crippen LogP contribution in [0.4, 0.5) is 5.69 Å². The zero-order valence-corrected chi connectivity index (χ0v) is 15.8. The number of likely N-dealkylation sites (tertiary alicyclic amines) is 1. The zero-order chi connectivity index (χ0) is 18.3. The van der Waals surface area contributed by atoms with Gasteiger partial charge in [0.25, 0.3) is 0 Å². The molecule has 0 aliphatic carbocycles. The number of nitrogens with one attached hydrogen (secondary N) is 2. The molecule has 3 N–H and O–H groups in total. The molecule has 1 aliphatic heterocycles. The van der Waals surface area contributed by atoms with Crippen molar-refractivity contribution < 1.29 is 9.90 Å². The molecule has 1 heterocycles. The molecular weight excluding hydrogens is 314 g/mol. The van der Waals surface area contributed by atoms with Crippen LogP contribution in [0.5, 0.6) is 0 Å². The largest absolute Gasteiger partial charge is 0.396 e. The summed E-state index contributed by atoms with van der Waals surface area (Å²) in [5.41, 5.74) is 1.51. The predicted octanol–water partition coefficient (Wildman–Crippen LogP) is 2.40. The first kappa shape index (κ1) is 19.7. The molecule has 1 atom stereocenters. The Balaban J connectivity index is 1.70. The van der Waals surface area contributed by atoms with Crippen LogP contribution in [0.1, 0.15) is 38.7 Å². The number of anilines is 1. The number of hydrogen-bond donors (Lipinski definition) is 3. The summed E-state index contributed by atoms with van der Waals surface area (Å²) < 4.78 is 0. The minimum Gasteiger partial charge on any atom is -0.396 e. The summed E-state index contributed by atoms with van der Waals surface area (Å²) >= 11 is 0. The molecule has 1 aromatic carbocycles. The Hall–Kier alpha value is -1.59. The Morgan fingerprint density at radius 2 is 2.04 bits per heavy atom. The number of aliphatic hydroxyl groups is 1. The van der Waals surface area contributed by atoms with Gasteiger partial charge < -0.3 is 20.6 Å². The van der Waals surface area contributed by atoms with E-state index in [1.807, 2.05) is 45.0 Å². The summed E-state index contributed by atoms with van der Waals surface area (Å²) in [5, 5.41) is 15.6. The second-order valence-electron chi connectivity index (χ2n) is 7.72. The molecule has 0 aromatic heterocycles. The molecule has 25 heavy (non-hydrogen) atoms. The lowest BCUT2D eigenvalue weighted by atomic mass is 9.99. The van der Waals surface area contributed by atoms with Gasteiger partial charge in [-0.3, -0.25) is 4.79 Å².